The fourth-order valence-corrected chi connectivity index (χ4v) is 5.36. The average molecular weight is 467 g/mol. The van der Waals surface area contributed by atoms with E-state index in [0.717, 1.165) is 23.6 Å². The van der Waals surface area contributed by atoms with Crippen LogP contribution in [0.1, 0.15) is 43.0 Å². The Morgan fingerprint density at radius 3 is 1.90 bits per heavy atom. The second kappa shape index (κ2) is 9.40. The molecule has 0 aromatic heterocycles. The van der Waals surface area contributed by atoms with Crippen molar-refractivity contribution in [2.75, 3.05) is 16.8 Å². The molecule has 170 valence electrons. The van der Waals surface area contributed by atoms with Gasteiger partial charge >= 0.3 is 0 Å². The van der Waals surface area contributed by atoms with E-state index >= 15 is 0 Å². The Labute approximate surface area is 185 Å². The normalized spacial score (nSPS) is 14.0. The van der Waals surface area contributed by atoms with Gasteiger partial charge in [-0.1, -0.05) is 25.1 Å². The van der Waals surface area contributed by atoms with Gasteiger partial charge in [0, 0.05) is 6.26 Å². The molecule has 0 aliphatic rings. The third kappa shape index (κ3) is 6.30. The molecule has 1 amide bonds. The topological polar surface area (TPSA) is 101 Å². The molecule has 2 aromatic carbocycles. The molecule has 0 fully saturated rings. The van der Waals surface area contributed by atoms with Gasteiger partial charge in [0.15, 0.2) is 9.84 Å². The molecule has 1 N–H and O–H groups in total. The molecule has 9 heteroatoms. The number of sulfonamides is 1. The molecule has 0 unspecified atom stereocenters. The fourth-order valence-electron chi connectivity index (χ4n) is 3.53. The molecule has 7 nitrogen and oxygen atoms in total. The molecule has 0 radical (unpaired) electrons. The molecule has 2 atom stereocenters. The Morgan fingerprint density at radius 1 is 0.968 bits per heavy atom. The van der Waals surface area contributed by atoms with Crippen molar-refractivity contribution >= 4 is 31.5 Å². The number of nitrogens with zero attached hydrogens (tertiary/aromatic N) is 1. The number of rotatable bonds is 8. The average Bonchev–Trinajstić information content (AvgIpc) is 2.63. The Bertz CT molecular complexity index is 1140. The molecular formula is C22H30N2O5S2. The first-order valence-corrected chi connectivity index (χ1v) is 13.7. The molecule has 0 spiro atoms. The zero-order valence-electron chi connectivity index (χ0n) is 18.7. The summed E-state index contributed by atoms with van der Waals surface area (Å²) < 4.78 is 49.7. The zero-order valence-corrected chi connectivity index (χ0v) is 20.3. The quantitative estimate of drug-likeness (QED) is 0.644. The van der Waals surface area contributed by atoms with E-state index in [1.165, 1.54) is 16.4 Å². The van der Waals surface area contributed by atoms with Crippen LogP contribution in [0.4, 0.5) is 5.69 Å². The van der Waals surface area contributed by atoms with Crippen molar-refractivity contribution in [3.8, 4) is 0 Å². The highest BCUT2D eigenvalue weighted by atomic mass is 32.2. The summed E-state index contributed by atoms with van der Waals surface area (Å²) in [5, 5.41) is 2.86. The van der Waals surface area contributed by atoms with Crippen LogP contribution in [-0.2, 0) is 24.7 Å². The minimum absolute atomic E-state index is 0.194. The van der Waals surface area contributed by atoms with Gasteiger partial charge in [0.05, 0.1) is 22.9 Å². The molecule has 2 rings (SSSR count). The highest BCUT2D eigenvalue weighted by Gasteiger charge is 2.32. The molecular weight excluding hydrogens is 436 g/mol. The number of carbonyl (C=O) groups excluding carboxylic acids is 1. The van der Waals surface area contributed by atoms with Crippen LogP contribution < -0.4 is 9.62 Å². The highest BCUT2D eigenvalue weighted by Crippen LogP contribution is 2.26. The molecule has 0 saturated heterocycles. The molecule has 0 heterocycles. The second-order valence-electron chi connectivity index (χ2n) is 7.90. The first-order valence-electron chi connectivity index (χ1n) is 9.92. The summed E-state index contributed by atoms with van der Waals surface area (Å²) in [7, 11) is -7.04. The van der Waals surface area contributed by atoms with E-state index in [0.29, 0.717) is 11.3 Å². The van der Waals surface area contributed by atoms with Crippen molar-refractivity contribution in [1.29, 1.82) is 0 Å². The van der Waals surface area contributed by atoms with E-state index in [-0.39, 0.29) is 11.3 Å². The summed E-state index contributed by atoms with van der Waals surface area (Å²) in [6.45, 7) is 7.28. The van der Waals surface area contributed by atoms with Gasteiger partial charge in [-0.05, 0) is 68.1 Å². The minimum atomic E-state index is -3.72. The molecule has 0 saturated carbocycles. The number of benzene rings is 2. The summed E-state index contributed by atoms with van der Waals surface area (Å²) in [5.41, 5.74) is 2.97. The van der Waals surface area contributed by atoms with Gasteiger partial charge in [0.2, 0.25) is 15.9 Å². The zero-order chi connectivity index (χ0) is 23.6. The first kappa shape index (κ1) is 24.9. The van der Waals surface area contributed by atoms with Gasteiger partial charge in [-0.3, -0.25) is 9.10 Å². The summed E-state index contributed by atoms with van der Waals surface area (Å²) in [6, 6.07) is 10.3. The number of carbonyl (C=O) groups is 1. The summed E-state index contributed by atoms with van der Waals surface area (Å²) >= 11 is 0. The van der Waals surface area contributed by atoms with Gasteiger partial charge in [-0.2, -0.15) is 0 Å². The predicted molar refractivity (Wildman–Crippen MR) is 123 cm³/mol. The smallest absolute Gasteiger partial charge is 0.244 e. The van der Waals surface area contributed by atoms with Crippen molar-refractivity contribution in [2.45, 2.75) is 51.1 Å². The lowest BCUT2D eigenvalue weighted by Gasteiger charge is -2.31. The summed E-state index contributed by atoms with van der Waals surface area (Å²) in [6.07, 6.45) is 2.51. The molecule has 0 aliphatic carbocycles. The Kier molecular flexibility index (Phi) is 7.54. The number of sulfone groups is 1. The Morgan fingerprint density at radius 2 is 1.48 bits per heavy atom. The van der Waals surface area contributed by atoms with Crippen LogP contribution in [0.15, 0.2) is 47.4 Å². The van der Waals surface area contributed by atoms with E-state index in [1.54, 1.807) is 38.1 Å². The Balaban J connectivity index is 2.33. The van der Waals surface area contributed by atoms with Gasteiger partial charge in [-0.25, -0.2) is 16.8 Å². The van der Waals surface area contributed by atoms with Crippen LogP contribution in [-0.4, -0.2) is 41.3 Å². The SMILES string of the molecule is CC[C@H](C(=O)N[C@@H](C)c1ccc(S(C)(=O)=O)cc1)N(c1cc(C)cc(C)c1)S(C)(=O)=O. The van der Waals surface area contributed by atoms with E-state index in [9.17, 15) is 21.6 Å². The maximum absolute atomic E-state index is 13.1. The first-order chi connectivity index (χ1) is 14.2. The molecule has 31 heavy (non-hydrogen) atoms. The minimum Gasteiger partial charge on any atom is -0.348 e. The number of nitrogens with one attached hydrogen (secondary N) is 1. The van der Waals surface area contributed by atoms with Crippen LogP contribution in [0.3, 0.4) is 0 Å². The molecule has 0 aliphatic heterocycles. The van der Waals surface area contributed by atoms with E-state index < -0.39 is 37.9 Å². The van der Waals surface area contributed by atoms with Gasteiger partial charge in [-0.15, -0.1) is 0 Å². The van der Waals surface area contributed by atoms with E-state index in [1.807, 2.05) is 19.9 Å². The lowest BCUT2D eigenvalue weighted by Crippen LogP contribution is -2.49. The van der Waals surface area contributed by atoms with Gasteiger partial charge < -0.3 is 5.32 Å². The monoisotopic (exact) mass is 466 g/mol. The summed E-state index contributed by atoms with van der Waals surface area (Å²) in [4.78, 5) is 13.3. The Hall–Kier alpha value is -2.39. The maximum Gasteiger partial charge on any atom is 0.244 e. The standard InChI is InChI=1S/C22H30N2O5S2/c1-7-21(24(31(6,28)29)19-13-15(2)12-16(3)14-19)22(25)23-17(4)18-8-10-20(11-9-18)30(5,26)27/h8-14,17,21H,7H2,1-6H3,(H,23,25)/t17-,21+/m0/s1. The van der Waals surface area contributed by atoms with E-state index in [4.69, 9.17) is 0 Å². The number of hydrogen-bond acceptors (Lipinski definition) is 5. The number of amides is 1. The number of anilines is 1. The van der Waals surface area contributed by atoms with Crippen molar-refractivity contribution in [2.24, 2.45) is 0 Å². The van der Waals surface area contributed by atoms with Crippen molar-refractivity contribution in [3.05, 3.63) is 59.2 Å². The van der Waals surface area contributed by atoms with Gasteiger partial charge in [0.1, 0.15) is 6.04 Å². The van der Waals surface area contributed by atoms with Crippen LogP contribution >= 0.6 is 0 Å². The maximum atomic E-state index is 13.1. The third-order valence-electron chi connectivity index (χ3n) is 4.96. The predicted octanol–water partition coefficient (Wildman–Crippen LogP) is 3.13. The lowest BCUT2D eigenvalue weighted by atomic mass is 10.1. The van der Waals surface area contributed by atoms with Crippen LogP contribution in [0, 0.1) is 13.8 Å². The third-order valence-corrected chi connectivity index (χ3v) is 7.27. The molecule has 2 aromatic rings. The second-order valence-corrected chi connectivity index (χ2v) is 11.8. The lowest BCUT2D eigenvalue weighted by molar-refractivity contribution is -0.122. The fraction of sp³-hybridized carbons (Fsp3) is 0.409. The van der Waals surface area contributed by atoms with Crippen LogP contribution in [0.25, 0.3) is 0 Å². The largest absolute Gasteiger partial charge is 0.348 e. The van der Waals surface area contributed by atoms with Crippen molar-refractivity contribution in [1.82, 2.24) is 5.32 Å². The van der Waals surface area contributed by atoms with Crippen molar-refractivity contribution in [3.63, 3.8) is 0 Å². The summed E-state index contributed by atoms with van der Waals surface area (Å²) in [5.74, 6) is -0.424. The van der Waals surface area contributed by atoms with E-state index in [2.05, 4.69) is 5.32 Å². The van der Waals surface area contributed by atoms with Crippen molar-refractivity contribution < 1.29 is 21.6 Å². The number of hydrogen-bond donors (Lipinski definition) is 1. The highest BCUT2D eigenvalue weighted by molar-refractivity contribution is 7.92. The molecule has 0 bridgehead atoms. The number of aryl methyl sites for hydroxylation is 2. The van der Waals surface area contributed by atoms with Crippen LogP contribution in [0.2, 0.25) is 0 Å². The van der Waals surface area contributed by atoms with Crippen LogP contribution in [0.5, 0.6) is 0 Å². The van der Waals surface area contributed by atoms with Gasteiger partial charge in [0.25, 0.3) is 0 Å².